The van der Waals surface area contributed by atoms with E-state index in [0.717, 1.165) is 68.2 Å². The lowest BCUT2D eigenvalue weighted by atomic mass is 10.1. The Morgan fingerprint density at radius 3 is 2.60 bits per heavy atom. The Morgan fingerprint density at radius 2 is 1.97 bits per heavy atom. The molecule has 0 unspecified atom stereocenters. The zero-order chi connectivity index (χ0) is 21.4. The lowest BCUT2D eigenvalue weighted by Gasteiger charge is -2.36. The van der Waals surface area contributed by atoms with Gasteiger partial charge in [0, 0.05) is 55.9 Å². The molecule has 30 heavy (non-hydrogen) atoms. The third kappa shape index (κ3) is 3.98. The van der Waals surface area contributed by atoms with Crippen molar-refractivity contribution in [1.82, 2.24) is 19.6 Å². The molecule has 2 aromatic rings. The molecule has 1 aliphatic heterocycles. The molecule has 0 radical (unpaired) electrons. The number of hydrogen-bond acceptors (Lipinski definition) is 6. The van der Waals surface area contributed by atoms with Gasteiger partial charge in [0.25, 0.3) is 0 Å². The van der Waals surface area contributed by atoms with Gasteiger partial charge in [-0.1, -0.05) is 0 Å². The topological polar surface area (TPSA) is 62.6 Å². The van der Waals surface area contributed by atoms with Crippen LogP contribution in [0.5, 0.6) is 0 Å². The van der Waals surface area contributed by atoms with Crippen molar-refractivity contribution in [2.24, 2.45) is 7.05 Å². The Bertz CT molecular complexity index is 973. The first-order valence-corrected chi connectivity index (χ1v) is 11.6. The molecule has 3 heterocycles. The lowest BCUT2D eigenvalue weighted by molar-refractivity contribution is 0.0601. The second-order valence-electron chi connectivity index (χ2n) is 8.02. The van der Waals surface area contributed by atoms with Gasteiger partial charge >= 0.3 is 5.97 Å². The van der Waals surface area contributed by atoms with Gasteiger partial charge in [0.1, 0.15) is 5.00 Å². The maximum Gasteiger partial charge on any atom is 0.341 e. The number of methoxy groups -OCH3 is 1. The van der Waals surface area contributed by atoms with E-state index in [1.54, 1.807) is 11.3 Å². The molecule has 4 rings (SSSR count). The number of nitrogens with zero attached hydrogens (tertiary/aromatic N) is 4. The molecular weight excluding hydrogens is 418 g/mol. The number of anilines is 1. The van der Waals surface area contributed by atoms with E-state index in [1.807, 2.05) is 11.7 Å². The van der Waals surface area contributed by atoms with Gasteiger partial charge < -0.3 is 15.0 Å². The zero-order valence-corrected chi connectivity index (χ0v) is 19.7. The fourth-order valence-corrected chi connectivity index (χ4v) is 5.99. The zero-order valence-electron chi connectivity index (χ0n) is 18.1. The molecule has 0 spiro atoms. The number of nitrogens with one attached hydrogen (secondary N) is 1. The predicted molar refractivity (Wildman–Crippen MR) is 123 cm³/mol. The average molecular weight is 448 g/mol. The molecule has 0 bridgehead atoms. The van der Waals surface area contributed by atoms with Crippen LogP contribution in [0, 0.1) is 13.8 Å². The summed E-state index contributed by atoms with van der Waals surface area (Å²) in [5.41, 5.74) is 5.48. The highest BCUT2D eigenvalue weighted by Crippen LogP contribution is 2.39. The van der Waals surface area contributed by atoms with Gasteiger partial charge in [-0.05, 0) is 50.9 Å². The minimum atomic E-state index is -0.272. The minimum absolute atomic E-state index is 0.272. The highest BCUT2D eigenvalue weighted by molar-refractivity contribution is 7.80. The Balaban J connectivity index is 1.38. The van der Waals surface area contributed by atoms with Crippen LogP contribution in [0.2, 0.25) is 0 Å². The molecule has 9 heteroatoms. The van der Waals surface area contributed by atoms with E-state index in [2.05, 4.69) is 34.1 Å². The summed E-state index contributed by atoms with van der Waals surface area (Å²) in [5.74, 6) is -0.272. The molecule has 162 valence electrons. The SMILES string of the molecule is COC(=O)c1c(NC(=S)N2CCN(Cc3c(C)nn(C)c3C)CC2)sc2c1CCC2. The van der Waals surface area contributed by atoms with Crippen molar-refractivity contribution in [2.75, 3.05) is 38.6 Å². The van der Waals surface area contributed by atoms with Crippen molar-refractivity contribution >= 4 is 39.6 Å². The molecule has 0 amide bonds. The number of esters is 1. The summed E-state index contributed by atoms with van der Waals surface area (Å²) in [6.07, 6.45) is 3.08. The summed E-state index contributed by atoms with van der Waals surface area (Å²) in [7, 11) is 3.44. The Hall–Kier alpha value is -1.97. The van der Waals surface area contributed by atoms with Crippen LogP contribution >= 0.6 is 23.6 Å². The number of thiophene rings is 1. The molecule has 1 aliphatic carbocycles. The molecule has 0 atom stereocenters. The van der Waals surface area contributed by atoms with Crippen LogP contribution in [0.15, 0.2) is 0 Å². The summed E-state index contributed by atoms with van der Waals surface area (Å²) < 4.78 is 6.99. The van der Waals surface area contributed by atoms with E-state index in [9.17, 15) is 4.79 Å². The number of carbonyl (C=O) groups is 1. The maximum atomic E-state index is 12.4. The molecule has 7 nitrogen and oxygen atoms in total. The highest BCUT2D eigenvalue weighted by atomic mass is 32.1. The minimum Gasteiger partial charge on any atom is -0.465 e. The van der Waals surface area contributed by atoms with Crippen molar-refractivity contribution in [3.63, 3.8) is 0 Å². The Morgan fingerprint density at radius 1 is 1.23 bits per heavy atom. The van der Waals surface area contributed by atoms with Crippen LogP contribution in [0.4, 0.5) is 5.00 Å². The van der Waals surface area contributed by atoms with E-state index >= 15 is 0 Å². The fourth-order valence-electron chi connectivity index (χ4n) is 4.37. The number of carbonyl (C=O) groups excluding carboxylic acids is 1. The van der Waals surface area contributed by atoms with Gasteiger partial charge in [0.2, 0.25) is 0 Å². The second-order valence-corrected chi connectivity index (χ2v) is 9.51. The third-order valence-corrected chi connectivity index (χ3v) is 7.80. The van der Waals surface area contributed by atoms with Crippen molar-refractivity contribution in [1.29, 1.82) is 0 Å². The van der Waals surface area contributed by atoms with Crippen LogP contribution in [0.3, 0.4) is 0 Å². The van der Waals surface area contributed by atoms with E-state index in [0.29, 0.717) is 10.7 Å². The van der Waals surface area contributed by atoms with Crippen LogP contribution < -0.4 is 5.32 Å². The summed E-state index contributed by atoms with van der Waals surface area (Å²) in [5, 5.41) is 9.41. The second kappa shape index (κ2) is 8.64. The highest BCUT2D eigenvalue weighted by Gasteiger charge is 2.29. The third-order valence-electron chi connectivity index (χ3n) is 6.23. The van der Waals surface area contributed by atoms with E-state index < -0.39 is 0 Å². The normalized spacial score (nSPS) is 16.6. The largest absolute Gasteiger partial charge is 0.465 e. The van der Waals surface area contributed by atoms with E-state index in [-0.39, 0.29) is 5.97 Å². The van der Waals surface area contributed by atoms with Crippen molar-refractivity contribution in [3.05, 3.63) is 33.0 Å². The number of hydrogen-bond donors (Lipinski definition) is 1. The van der Waals surface area contributed by atoms with Gasteiger partial charge in [-0.3, -0.25) is 9.58 Å². The van der Waals surface area contributed by atoms with Crippen molar-refractivity contribution < 1.29 is 9.53 Å². The quantitative estimate of drug-likeness (QED) is 0.571. The van der Waals surface area contributed by atoms with Crippen LogP contribution in [0.1, 0.15) is 44.2 Å². The van der Waals surface area contributed by atoms with E-state index in [1.165, 1.54) is 23.2 Å². The smallest absolute Gasteiger partial charge is 0.341 e. The van der Waals surface area contributed by atoms with Crippen LogP contribution in [0.25, 0.3) is 0 Å². The van der Waals surface area contributed by atoms with E-state index in [4.69, 9.17) is 17.0 Å². The lowest BCUT2D eigenvalue weighted by Crippen LogP contribution is -2.49. The standard InChI is InChI=1S/C21H29N5O2S2/c1-13-16(14(2)24(3)23-13)12-25-8-10-26(11-9-25)21(29)22-19-18(20(27)28-4)15-6-5-7-17(15)30-19/h5-12H2,1-4H3,(H,22,29). The summed E-state index contributed by atoms with van der Waals surface area (Å²) in [6, 6.07) is 0. The fraction of sp³-hybridized carbons (Fsp3) is 0.571. The molecule has 0 saturated carbocycles. The Kier molecular flexibility index (Phi) is 6.13. The average Bonchev–Trinajstić information content (AvgIpc) is 3.37. The number of ether oxygens (including phenoxy) is 1. The Labute approximate surface area is 187 Å². The summed E-state index contributed by atoms with van der Waals surface area (Å²) in [4.78, 5) is 18.3. The monoisotopic (exact) mass is 447 g/mol. The number of aryl methyl sites for hydroxylation is 3. The van der Waals surface area contributed by atoms with Gasteiger partial charge in [-0.15, -0.1) is 11.3 Å². The predicted octanol–water partition coefficient (Wildman–Crippen LogP) is 2.89. The van der Waals surface area contributed by atoms with Crippen molar-refractivity contribution in [2.45, 2.75) is 39.7 Å². The number of aromatic nitrogens is 2. The number of thiocarbonyl (C=S) groups is 1. The summed E-state index contributed by atoms with van der Waals surface area (Å²) in [6.45, 7) is 8.74. The first kappa shape index (κ1) is 21.3. The maximum absolute atomic E-state index is 12.4. The first-order chi connectivity index (χ1) is 14.4. The van der Waals surface area contributed by atoms with Crippen LogP contribution in [-0.4, -0.2) is 64.0 Å². The number of rotatable bonds is 4. The van der Waals surface area contributed by atoms with Crippen molar-refractivity contribution in [3.8, 4) is 0 Å². The van der Waals surface area contributed by atoms with Gasteiger partial charge in [0.05, 0.1) is 18.4 Å². The molecule has 1 N–H and O–H groups in total. The van der Waals surface area contributed by atoms with Gasteiger partial charge in [-0.2, -0.15) is 5.10 Å². The van der Waals surface area contributed by atoms with Gasteiger partial charge in [-0.25, -0.2) is 4.79 Å². The molecule has 1 fully saturated rings. The molecule has 2 aliphatic rings. The molecular formula is C21H29N5O2S2. The molecule has 0 aromatic carbocycles. The van der Waals surface area contributed by atoms with Crippen LogP contribution in [-0.2, 0) is 31.2 Å². The number of piperazine rings is 1. The van der Waals surface area contributed by atoms with Gasteiger partial charge in [0.15, 0.2) is 5.11 Å². The molecule has 2 aromatic heterocycles. The first-order valence-electron chi connectivity index (χ1n) is 10.4. The summed E-state index contributed by atoms with van der Waals surface area (Å²) >= 11 is 7.34. The number of fused-ring (bicyclic) bond motifs is 1. The molecule has 1 saturated heterocycles.